The average Bonchev–Trinajstić information content (AvgIpc) is 3.06. The second-order valence-corrected chi connectivity index (χ2v) is 6.96. The molecule has 0 saturated heterocycles. The van der Waals surface area contributed by atoms with E-state index in [1.807, 2.05) is 65.3 Å². The SMILES string of the molecule is Cc1nn(-c2ccccc2)c(C)c1C=NN(Cc1ccccc1)c1ccccc1. The standard InChI is InChI=1S/C25H24N4/c1-20-25(21(2)29(27-20)24-16-10-5-11-17-24)18-26-28(23-14-8-4-9-15-23)19-22-12-6-3-7-13-22/h3-18H,19H2,1-2H3. The predicted octanol–water partition coefficient (Wildman–Crippen LogP) is 5.53. The van der Waals surface area contributed by atoms with Crippen molar-refractivity contribution in [3.63, 3.8) is 0 Å². The van der Waals surface area contributed by atoms with E-state index in [-0.39, 0.29) is 0 Å². The van der Waals surface area contributed by atoms with Gasteiger partial charge in [0.05, 0.1) is 35.5 Å². The second-order valence-electron chi connectivity index (χ2n) is 6.96. The average molecular weight is 380 g/mol. The van der Waals surface area contributed by atoms with Crippen LogP contribution in [0.5, 0.6) is 0 Å². The van der Waals surface area contributed by atoms with Crippen LogP contribution >= 0.6 is 0 Å². The first-order valence-electron chi connectivity index (χ1n) is 9.74. The number of rotatable bonds is 6. The van der Waals surface area contributed by atoms with Crippen molar-refractivity contribution in [3.05, 3.63) is 114 Å². The number of hydrogen-bond donors (Lipinski definition) is 0. The molecule has 0 bridgehead atoms. The van der Waals surface area contributed by atoms with E-state index in [2.05, 4.69) is 55.5 Å². The van der Waals surface area contributed by atoms with Gasteiger partial charge >= 0.3 is 0 Å². The summed E-state index contributed by atoms with van der Waals surface area (Å²) in [7, 11) is 0. The highest BCUT2D eigenvalue weighted by Crippen LogP contribution is 2.19. The van der Waals surface area contributed by atoms with E-state index in [9.17, 15) is 0 Å². The molecular weight excluding hydrogens is 356 g/mol. The zero-order chi connectivity index (χ0) is 20.1. The van der Waals surface area contributed by atoms with Crippen LogP contribution in [-0.2, 0) is 6.54 Å². The molecule has 0 N–H and O–H groups in total. The minimum atomic E-state index is 0.701. The van der Waals surface area contributed by atoms with Gasteiger partial charge in [-0.25, -0.2) is 4.68 Å². The molecule has 29 heavy (non-hydrogen) atoms. The van der Waals surface area contributed by atoms with E-state index in [0.29, 0.717) is 6.54 Å². The smallest absolute Gasteiger partial charge is 0.0689 e. The number of nitrogens with zero attached hydrogens (tertiary/aromatic N) is 4. The number of anilines is 1. The molecule has 4 heteroatoms. The second kappa shape index (κ2) is 8.57. The first-order valence-corrected chi connectivity index (χ1v) is 9.74. The third kappa shape index (κ3) is 4.27. The molecule has 0 amide bonds. The molecule has 0 unspecified atom stereocenters. The summed E-state index contributed by atoms with van der Waals surface area (Å²) in [5.41, 5.74) is 6.40. The zero-order valence-corrected chi connectivity index (χ0v) is 16.7. The molecule has 0 aliphatic rings. The van der Waals surface area contributed by atoms with Gasteiger partial charge in [0, 0.05) is 5.56 Å². The van der Waals surface area contributed by atoms with Crippen LogP contribution in [0.15, 0.2) is 96.1 Å². The number of para-hydroxylation sites is 2. The van der Waals surface area contributed by atoms with Crippen LogP contribution in [0.4, 0.5) is 5.69 Å². The highest BCUT2D eigenvalue weighted by atomic mass is 15.4. The van der Waals surface area contributed by atoms with Crippen LogP contribution < -0.4 is 5.01 Å². The van der Waals surface area contributed by atoms with Crippen molar-refractivity contribution in [1.82, 2.24) is 9.78 Å². The predicted molar refractivity (Wildman–Crippen MR) is 120 cm³/mol. The van der Waals surface area contributed by atoms with Crippen molar-refractivity contribution in [2.75, 3.05) is 5.01 Å². The van der Waals surface area contributed by atoms with E-state index in [1.54, 1.807) is 0 Å². The Balaban J connectivity index is 1.67. The first-order chi connectivity index (χ1) is 14.2. The van der Waals surface area contributed by atoms with Gasteiger partial charge in [0.2, 0.25) is 0 Å². The van der Waals surface area contributed by atoms with Gasteiger partial charge in [-0.1, -0.05) is 66.7 Å². The van der Waals surface area contributed by atoms with E-state index in [0.717, 1.165) is 28.3 Å². The van der Waals surface area contributed by atoms with Crippen molar-refractivity contribution in [1.29, 1.82) is 0 Å². The third-order valence-electron chi connectivity index (χ3n) is 4.90. The van der Waals surface area contributed by atoms with E-state index >= 15 is 0 Å². The fraction of sp³-hybridized carbons (Fsp3) is 0.120. The van der Waals surface area contributed by atoms with E-state index in [1.165, 1.54) is 5.56 Å². The maximum absolute atomic E-state index is 4.84. The summed E-state index contributed by atoms with van der Waals surface area (Å²) in [4.78, 5) is 0. The van der Waals surface area contributed by atoms with Crippen molar-refractivity contribution in [2.24, 2.45) is 5.10 Å². The lowest BCUT2D eigenvalue weighted by Gasteiger charge is -2.19. The Bertz CT molecular complexity index is 1080. The molecule has 4 rings (SSSR count). The topological polar surface area (TPSA) is 33.4 Å². The van der Waals surface area contributed by atoms with E-state index in [4.69, 9.17) is 10.2 Å². The van der Waals surface area contributed by atoms with Crippen molar-refractivity contribution < 1.29 is 0 Å². The van der Waals surface area contributed by atoms with Crippen LogP contribution in [0.3, 0.4) is 0 Å². The number of benzene rings is 3. The van der Waals surface area contributed by atoms with Crippen molar-refractivity contribution >= 4 is 11.9 Å². The van der Waals surface area contributed by atoms with Gasteiger partial charge in [-0.2, -0.15) is 10.2 Å². The van der Waals surface area contributed by atoms with Gasteiger partial charge < -0.3 is 0 Å². The largest absolute Gasteiger partial charge is 0.261 e. The summed E-state index contributed by atoms with van der Waals surface area (Å²) in [6.45, 7) is 4.81. The highest BCUT2D eigenvalue weighted by Gasteiger charge is 2.12. The van der Waals surface area contributed by atoms with Gasteiger partial charge in [0.15, 0.2) is 0 Å². The molecule has 0 saturated carbocycles. The monoisotopic (exact) mass is 380 g/mol. The Hall–Kier alpha value is -3.66. The molecule has 0 radical (unpaired) electrons. The number of hydrogen-bond acceptors (Lipinski definition) is 3. The molecule has 0 aliphatic heterocycles. The number of aryl methyl sites for hydroxylation is 1. The molecule has 0 spiro atoms. The summed E-state index contributed by atoms with van der Waals surface area (Å²) >= 11 is 0. The van der Waals surface area contributed by atoms with E-state index < -0.39 is 0 Å². The first kappa shape index (κ1) is 18.7. The maximum Gasteiger partial charge on any atom is 0.0689 e. The minimum absolute atomic E-state index is 0.701. The summed E-state index contributed by atoms with van der Waals surface area (Å²) in [5.74, 6) is 0. The quantitative estimate of drug-likeness (QED) is 0.325. The van der Waals surface area contributed by atoms with Gasteiger partial charge in [-0.3, -0.25) is 5.01 Å². The Morgan fingerprint density at radius 3 is 2.07 bits per heavy atom. The Labute approximate surface area is 171 Å². The number of hydrazone groups is 1. The molecule has 3 aromatic carbocycles. The lowest BCUT2D eigenvalue weighted by Crippen LogP contribution is -2.16. The lowest BCUT2D eigenvalue weighted by molar-refractivity contribution is 0.833. The Morgan fingerprint density at radius 1 is 0.828 bits per heavy atom. The van der Waals surface area contributed by atoms with Crippen LogP contribution in [0.1, 0.15) is 22.5 Å². The molecular formula is C25H24N4. The summed E-state index contributed by atoms with van der Waals surface area (Å²) < 4.78 is 1.97. The molecule has 0 aliphatic carbocycles. The molecule has 0 atom stereocenters. The fourth-order valence-electron chi connectivity index (χ4n) is 3.34. The van der Waals surface area contributed by atoms with Gasteiger partial charge in [-0.05, 0) is 43.7 Å². The molecule has 4 aromatic rings. The summed E-state index contributed by atoms with van der Waals surface area (Å²) in [6, 6.07) is 30.8. The van der Waals surface area contributed by atoms with Gasteiger partial charge in [-0.15, -0.1) is 0 Å². The minimum Gasteiger partial charge on any atom is -0.261 e. The van der Waals surface area contributed by atoms with Crippen LogP contribution in [-0.4, -0.2) is 16.0 Å². The van der Waals surface area contributed by atoms with Crippen LogP contribution in [0, 0.1) is 13.8 Å². The Morgan fingerprint density at radius 2 is 1.41 bits per heavy atom. The van der Waals surface area contributed by atoms with Crippen LogP contribution in [0.25, 0.3) is 5.69 Å². The maximum atomic E-state index is 4.84. The summed E-state index contributed by atoms with van der Waals surface area (Å²) in [5, 5.41) is 11.6. The third-order valence-corrected chi connectivity index (χ3v) is 4.90. The van der Waals surface area contributed by atoms with Gasteiger partial charge in [0.25, 0.3) is 0 Å². The summed E-state index contributed by atoms with van der Waals surface area (Å²) in [6.07, 6.45) is 1.92. The van der Waals surface area contributed by atoms with Gasteiger partial charge in [0.1, 0.15) is 0 Å². The molecule has 0 fully saturated rings. The molecule has 1 heterocycles. The number of aromatic nitrogens is 2. The molecule has 4 nitrogen and oxygen atoms in total. The zero-order valence-electron chi connectivity index (χ0n) is 16.7. The fourth-order valence-corrected chi connectivity index (χ4v) is 3.34. The van der Waals surface area contributed by atoms with Crippen LogP contribution in [0.2, 0.25) is 0 Å². The lowest BCUT2D eigenvalue weighted by atomic mass is 10.2. The molecule has 144 valence electrons. The van der Waals surface area contributed by atoms with Crippen molar-refractivity contribution in [3.8, 4) is 5.69 Å². The molecule has 1 aromatic heterocycles. The highest BCUT2D eigenvalue weighted by molar-refractivity contribution is 5.83. The Kier molecular flexibility index (Phi) is 5.52. The van der Waals surface area contributed by atoms with Crippen molar-refractivity contribution in [2.45, 2.75) is 20.4 Å². The normalized spacial score (nSPS) is 11.1.